The number of hydrogen-bond acceptors (Lipinski definition) is 5. The molecule has 2 aromatic heterocycles. The maximum absolute atomic E-state index is 12.6. The van der Waals surface area contributed by atoms with E-state index in [1.165, 1.54) is 0 Å². The molecule has 4 aromatic rings. The number of benzene rings is 2. The Morgan fingerprint density at radius 3 is 2.74 bits per heavy atom. The molecule has 6 heteroatoms. The second-order valence-electron chi connectivity index (χ2n) is 7.91. The lowest BCUT2D eigenvalue weighted by molar-refractivity contribution is -0.118. The van der Waals surface area contributed by atoms with E-state index in [0.717, 1.165) is 28.0 Å². The third-order valence-electron chi connectivity index (χ3n) is 5.07. The van der Waals surface area contributed by atoms with Crippen molar-refractivity contribution in [2.45, 2.75) is 33.6 Å². The number of aryl methyl sites for hydroxylation is 2. The van der Waals surface area contributed by atoms with Crippen molar-refractivity contribution < 1.29 is 13.9 Å². The van der Waals surface area contributed by atoms with Gasteiger partial charge in [0, 0.05) is 17.4 Å². The van der Waals surface area contributed by atoms with Crippen LogP contribution in [0.15, 0.2) is 59.1 Å². The van der Waals surface area contributed by atoms with Gasteiger partial charge in [-0.3, -0.25) is 4.79 Å². The van der Waals surface area contributed by atoms with Crippen molar-refractivity contribution in [1.82, 2.24) is 9.97 Å². The Morgan fingerprint density at radius 2 is 1.97 bits per heavy atom. The summed E-state index contributed by atoms with van der Waals surface area (Å²) < 4.78 is 11.7. The monoisotopic (exact) mass is 415 g/mol. The number of amides is 1. The zero-order chi connectivity index (χ0) is 22.0. The second kappa shape index (κ2) is 8.60. The predicted octanol–water partition coefficient (Wildman–Crippen LogP) is 5.65. The summed E-state index contributed by atoms with van der Waals surface area (Å²) in [5.74, 6) is 1.29. The summed E-state index contributed by atoms with van der Waals surface area (Å²) in [6.45, 7) is 8.08. The van der Waals surface area contributed by atoms with Gasteiger partial charge >= 0.3 is 0 Å². The van der Waals surface area contributed by atoms with Crippen LogP contribution in [-0.2, 0) is 4.79 Å². The van der Waals surface area contributed by atoms with Gasteiger partial charge in [-0.15, -0.1) is 0 Å². The Balaban J connectivity index is 1.50. The maximum Gasteiger partial charge on any atom is 0.262 e. The number of fused-ring (bicyclic) bond motifs is 1. The van der Waals surface area contributed by atoms with Gasteiger partial charge in [0.2, 0.25) is 5.89 Å². The highest BCUT2D eigenvalue weighted by molar-refractivity contribution is 5.93. The Labute approximate surface area is 181 Å². The second-order valence-corrected chi connectivity index (χ2v) is 7.91. The third-order valence-corrected chi connectivity index (χ3v) is 5.07. The molecule has 0 aliphatic rings. The summed E-state index contributed by atoms with van der Waals surface area (Å²) in [5.41, 5.74) is 5.74. The lowest BCUT2D eigenvalue weighted by atomic mass is 10.0. The van der Waals surface area contributed by atoms with E-state index >= 15 is 0 Å². The number of rotatable bonds is 6. The van der Waals surface area contributed by atoms with Crippen LogP contribution in [0.4, 0.5) is 5.69 Å². The number of nitrogens with one attached hydrogen (secondary N) is 1. The van der Waals surface area contributed by atoms with Gasteiger partial charge in [0.25, 0.3) is 5.91 Å². The first-order valence-corrected chi connectivity index (χ1v) is 10.3. The highest BCUT2D eigenvalue weighted by Gasteiger charge is 2.14. The molecule has 0 atom stereocenters. The first-order chi connectivity index (χ1) is 14.9. The minimum absolute atomic E-state index is 0.0698. The summed E-state index contributed by atoms with van der Waals surface area (Å²) in [7, 11) is 0. The zero-order valence-corrected chi connectivity index (χ0v) is 18.1. The molecule has 0 radical (unpaired) electrons. The zero-order valence-electron chi connectivity index (χ0n) is 18.1. The molecule has 1 N–H and O–H groups in total. The Bertz CT molecular complexity index is 1210. The fraction of sp³-hybridized carbons (Fsp3) is 0.240. The van der Waals surface area contributed by atoms with Crippen LogP contribution in [0.1, 0.15) is 36.5 Å². The van der Waals surface area contributed by atoms with Crippen LogP contribution in [0.3, 0.4) is 0 Å². The number of pyridine rings is 1. The SMILES string of the molecule is Cc1ccc(C(C)C)c(OCC(=O)Nc2cc(-c3nc4ncccc4o3)ccc2C)c1. The lowest BCUT2D eigenvalue weighted by Crippen LogP contribution is -2.21. The van der Waals surface area contributed by atoms with Gasteiger partial charge in [0.15, 0.2) is 17.8 Å². The summed E-state index contributed by atoms with van der Waals surface area (Å²) >= 11 is 0. The number of nitrogens with zero attached hydrogens (tertiary/aromatic N) is 2. The molecule has 0 unspecified atom stereocenters. The van der Waals surface area contributed by atoms with Crippen molar-refractivity contribution in [1.29, 1.82) is 0 Å². The molecule has 0 aliphatic carbocycles. The van der Waals surface area contributed by atoms with Crippen LogP contribution in [-0.4, -0.2) is 22.5 Å². The lowest BCUT2D eigenvalue weighted by Gasteiger charge is -2.15. The minimum atomic E-state index is -0.226. The van der Waals surface area contributed by atoms with Gasteiger partial charge in [0.1, 0.15) is 5.75 Å². The molecule has 0 fully saturated rings. The molecule has 0 aliphatic heterocycles. The fourth-order valence-electron chi connectivity index (χ4n) is 3.36. The number of anilines is 1. The molecule has 31 heavy (non-hydrogen) atoms. The standard InChI is InChI=1S/C25H25N3O3/c1-15(2)19-10-7-16(3)12-22(19)30-14-23(29)27-20-13-18(9-8-17(20)4)25-28-24-21(31-25)6-5-11-26-24/h5-13,15H,14H2,1-4H3,(H,27,29). The van der Waals surface area contributed by atoms with Gasteiger partial charge in [-0.05, 0) is 66.8 Å². The third kappa shape index (κ3) is 4.58. The summed E-state index contributed by atoms with van der Waals surface area (Å²) in [6.07, 6.45) is 1.67. The van der Waals surface area contributed by atoms with E-state index in [0.29, 0.717) is 28.7 Å². The molecule has 0 bridgehead atoms. The number of ether oxygens (including phenoxy) is 1. The molecule has 4 rings (SSSR count). The van der Waals surface area contributed by atoms with Crippen LogP contribution in [0, 0.1) is 13.8 Å². The van der Waals surface area contributed by atoms with Gasteiger partial charge in [-0.2, -0.15) is 4.98 Å². The molecule has 158 valence electrons. The first-order valence-electron chi connectivity index (χ1n) is 10.3. The summed E-state index contributed by atoms with van der Waals surface area (Å²) in [5, 5.41) is 2.94. The topological polar surface area (TPSA) is 77.2 Å². The predicted molar refractivity (Wildman–Crippen MR) is 121 cm³/mol. The Morgan fingerprint density at radius 1 is 1.13 bits per heavy atom. The highest BCUT2D eigenvalue weighted by Crippen LogP contribution is 2.29. The number of hydrogen-bond donors (Lipinski definition) is 1. The van der Waals surface area contributed by atoms with E-state index in [4.69, 9.17) is 9.15 Å². The van der Waals surface area contributed by atoms with Crippen LogP contribution < -0.4 is 10.1 Å². The van der Waals surface area contributed by atoms with Crippen LogP contribution in [0.5, 0.6) is 5.75 Å². The molecular weight excluding hydrogens is 390 g/mol. The van der Waals surface area contributed by atoms with Gasteiger partial charge in [0.05, 0.1) is 0 Å². The average Bonchev–Trinajstić information content (AvgIpc) is 3.18. The summed E-state index contributed by atoms with van der Waals surface area (Å²) in [6, 6.07) is 15.4. The van der Waals surface area contributed by atoms with E-state index in [1.54, 1.807) is 12.3 Å². The van der Waals surface area contributed by atoms with Crippen molar-refractivity contribution in [3.63, 3.8) is 0 Å². The number of aromatic nitrogens is 2. The van der Waals surface area contributed by atoms with Crippen molar-refractivity contribution in [3.8, 4) is 17.2 Å². The first kappa shape index (κ1) is 20.6. The number of oxazole rings is 1. The largest absolute Gasteiger partial charge is 0.483 e. The van der Waals surface area contributed by atoms with E-state index in [2.05, 4.69) is 41.3 Å². The van der Waals surface area contributed by atoms with Crippen molar-refractivity contribution in [2.24, 2.45) is 0 Å². The number of carbonyl (C=O) groups is 1. The smallest absolute Gasteiger partial charge is 0.262 e. The molecule has 6 nitrogen and oxygen atoms in total. The van der Waals surface area contributed by atoms with Gasteiger partial charge < -0.3 is 14.5 Å². The quantitative estimate of drug-likeness (QED) is 0.440. The fourth-order valence-corrected chi connectivity index (χ4v) is 3.36. The molecular formula is C25H25N3O3. The van der Waals surface area contributed by atoms with Gasteiger partial charge in [-0.25, -0.2) is 4.98 Å². The highest BCUT2D eigenvalue weighted by atomic mass is 16.5. The minimum Gasteiger partial charge on any atom is -0.483 e. The van der Waals surface area contributed by atoms with E-state index in [-0.39, 0.29) is 12.5 Å². The molecule has 0 spiro atoms. The Hall–Kier alpha value is -3.67. The van der Waals surface area contributed by atoms with E-state index in [1.807, 2.05) is 44.2 Å². The average molecular weight is 415 g/mol. The van der Waals surface area contributed by atoms with Crippen LogP contribution >= 0.6 is 0 Å². The maximum atomic E-state index is 12.6. The number of carbonyl (C=O) groups excluding carboxylic acids is 1. The van der Waals surface area contributed by atoms with Crippen molar-refractivity contribution in [2.75, 3.05) is 11.9 Å². The molecule has 1 amide bonds. The van der Waals surface area contributed by atoms with Crippen molar-refractivity contribution >= 4 is 22.8 Å². The molecule has 2 aromatic carbocycles. The molecule has 0 saturated carbocycles. The van der Waals surface area contributed by atoms with E-state index in [9.17, 15) is 4.79 Å². The normalized spacial score (nSPS) is 11.1. The van der Waals surface area contributed by atoms with Crippen LogP contribution in [0.2, 0.25) is 0 Å². The summed E-state index contributed by atoms with van der Waals surface area (Å²) in [4.78, 5) is 21.2. The molecule has 2 heterocycles. The molecule has 0 saturated heterocycles. The Kier molecular flexibility index (Phi) is 5.71. The van der Waals surface area contributed by atoms with Gasteiger partial charge in [-0.1, -0.05) is 32.0 Å². The van der Waals surface area contributed by atoms with Crippen molar-refractivity contribution in [3.05, 3.63) is 71.4 Å². The van der Waals surface area contributed by atoms with E-state index < -0.39 is 0 Å². The van der Waals surface area contributed by atoms with Crippen LogP contribution in [0.25, 0.3) is 22.7 Å².